The molecule has 1 aromatic carbocycles. The van der Waals surface area contributed by atoms with Crippen LogP contribution < -0.4 is 5.32 Å². The molecule has 18 heavy (non-hydrogen) atoms. The lowest BCUT2D eigenvalue weighted by Crippen LogP contribution is -2.00. The van der Waals surface area contributed by atoms with Gasteiger partial charge in [0.1, 0.15) is 10.7 Å². The Morgan fingerprint density at radius 3 is 2.83 bits per heavy atom. The Morgan fingerprint density at radius 1 is 1.39 bits per heavy atom. The summed E-state index contributed by atoms with van der Waals surface area (Å²) in [6.07, 6.45) is 0. The second-order valence-corrected chi connectivity index (χ2v) is 4.62. The Kier molecular flexibility index (Phi) is 3.66. The molecule has 2 aromatic rings. The molecule has 2 rings (SSSR count). The number of nitrogens with zero attached hydrogens (tertiary/aromatic N) is 1. The maximum atomic E-state index is 10.5. The van der Waals surface area contributed by atoms with Gasteiger partial charge >= 0.3 is 5.88 Å². The summed E-state index contributed by atoms with van der Waals surface area (Å²) in [5, 5.41) is 13.6. The highest BCUT2D eigenvalue weighted by Crippen LogP contribution is 2.24. The van der Waals surface area contributed by atoms with Crippen LogP contribution in [0.1, 0.15) is 11.3 Å². The predicted molar refractivity (Wildman–Crippen MR) is 71.6 cm³/mol. The van der Waals surface area contributed by atoms with Crippen LogP contribution in [0.15, 0.2) is 39.2 Å². The summed E-state index contributed by atoms with van der Waals surface area (Å²) in [5.74, 6) is 0.291. The normalized spacial score (nSPS) is 10.3. The van der Waals surface area contributed by atoms with Crippen LogP contribution in [0, 0.1) is 17.0 Å². The van der Waals surface area contributed by atoms with Gasteiger partial charge in [0.25, 0.3) is 0 Å². The maximum absolute atomic E-state index is 10.5. The van der Waals surface area contributed by atoms with Crippen molar-refractivity contribution >= 4 is 27.5 Å². The first-order chi connectivity index (χ1) is 8.58. The highest BCUT2D eigenvalue weighted by molar-refractivity contribution is 9.10. The molecule has 5 nitrogen and oxygen atoms in total. The molecule has 1 heterocycles. The van der Waals surface area contributed by atoms with Crippen molar-refractivity contribution < 1.29 is 9.34 Å². The summed E-state index contributed by atoms with van der Waals surface area (Å²) in [5.41, 5.74) is 2.04. The predicted octanol–water partition coefficient (Wildman–Crippen LogP) is 3.87. The maximum Gasteiger partial charge on any atom is 0.433 e. The van der Waals surface area contributed by atoms with Crippen molar-refractivity contribution in [3.8, 4) is 0 Å². The van der Waals surface area contributed by atoms with Gasteiger partial charge in [-0.05, 0) is 30.7 Å². The number of furan rings is 1. The zero-order chi connectivity index (χ0) is 13.1. The van der Waals surface area contributed by atoms with Crippen LogP contribution in [0.5, 0.6) is 0 Å². The van der Waals surface area contributed by atoms with E-state index in [1.807, 2.05) is 25.1 Å². The van der Waals surface area contributed by atoms with Crippen LogP contribution in [0.25, 0.3) is 0 Å². The first-order valence-electron chi connectivity index (χ1n) is 5.30. The van der Waals surface area contributed by atoms with Crippen LogP contribution in [0.3, 0.4) is 0 Å². The quantitative estimate of drug-likeness (QED) is 0.687. The molecular formula is C12H11BrN2O3. The average molecular weight is 311 g/mol. The monoisotopic (exact) mass is 310 g/mol. The van der Waals surface area contributed by atoms with Gasteiger partial charge in [0.2, 0.25) is 0 Å². The molecule has 0 bridgehead atoms. The van der Waals surface area contributed by atoms with Gasteiger partial charge in [0, 0.05) is 10.2 Å². The Hall–Kier alpha value is -1.82. The van der Waals surface area contributed by atoms with Gasteiger partial charge in [-0.25, -0.2) is 0 Å². The summed E-state index contributed by atoms with van der Waals surface area (Å²) in [6.45, 7) is 2.39. The average Bonchev–Trinajstić information content (AvgIpc) is 2.80. The number of hydrogen-bond acceptors (Lipinski definition) is 4. The van der Waals surface area contributed by atoms with Crippen molar-refractivity contribution in [1.29, 1.82) is 0 Å². The summed E-state index contributed by atoms with van der Waals surface area (Å²) < 4.78 is 6.08. The van der Waals surface area contributed by atoms with Crippen molar-refractivity contribution in [2.75, 3.05) is 5.32 Å². The molecule has 0 atom stereocenters. The van der Waals surface area contributed by atoms with Crippen molar-refractivity contribution in [3.05, 3.63) is 56.2 Å². The van der Waals surface area contributed by atoms with Crippen molar-refractivity contribution in [3.63, 3.8) is 0 Å². The smallest absolute Gasteiger partial charge is 0.404 e. The minimum atomic E-state index is -0.548. The van der Waals surface area contributed by atoms with Gasteiger partial charge in [-0.2, -0.15) is 0 Å². The van der Waals surface area contributed by atoms with Gasteiger partial charge in [0.05, 0.1) is 12.6 Å². The third-order valence-corrected chi connectivity index (χ3v) is 3.41. The second kappa shape index (κ2) is 5.22. The molecule has 0 fully saturated rings. The number of nitrogens with one attached hydrogen (secondary N) is 1. The first kappa shape index (κ1) is 12.6. The van der Waals surface area contributed by atoms with E-state index in [1.165, 1.54) is 6.07 Å². The number of halogens is 1. The summed E-state index contributed by atoms with van der Waals surface area (Å²) in [6, 6.07) is 8.77. The van der Waals surface area contributed by atoms with E-state index < -0.39 is 4.92 Å². The number of anilines is 1. The third kappa shape index (κ3) is 2.70. The van der Waals surface area contributed by atoms with E-state index in [9.17, 15) is 10.1 Å². The fourth-order valence-electron chi connectivity index (χ4n) is 1.54. The molecule has 0 radical (unpaired) electrons. The Bertz CT molecular complexity index is 580. The SMILES string of the molecule is Cc1c(Br)cccc1NCc1ccc([N+](=O)[O-])o1. The number of hydrogen-bond donors (Lipinski definition) is 1. The van der Waals surface area contributed by atoms with Crippen LogP contribution in [0.4, 0.5) is 11.6 Å². The molecule has 0 aliphatic rings. The molecule has 0 aliphatic carbocycles. The van der Waals surface area contributed by atoms with Gasteiger partial charge in [0.15, 0.2) is 0 Å². The zero-order valence-corrected chi connectivity index (χ0v) is 11.2. The van der Waals surface area contributed by atoms with Crippen LogP contribution in [-0.4, -0.2) is 4.92 Å². The number of rotatable bonds is 4. The molecular weight excluding hydrogens is 300 g/mol. The summed E-state index contributed by atoms with van der Waals surface area (Å²) >= 11 is 3.44. The molecule has 0 unspecified atom stereocenters. The Morgan fingerprint density at radius 2 is 2.17 bits per heavy atom. The van der Waals surface area contributed by atoms with E-state index in [-0.39, 0.29) is 5.88 Å². The number of nitro groups is 1. The van der Waals surface area contributed by atoms with Crippen molar-refractivity contribution in [1.82, 2.24) is 0 Å². The molecule has 0 saturated heterocycles. The van der Waals surface area contributed by atoms with Crippen LogP contribution >= 0.6 is 15.9 Å². The third-order valence-electron chi connectivity index (χ3n) is 2.55. The molecule has 6 heteroatoms. The lowest BCUT2D eigenvalue weighted by Gasteiger charge is -2.09. The molecule has 1 aromatic heterocycles. The first-order valence-corrected chi connectivity index (χ1v) is 6.09. The van der Waals surface area contributed by atoms with E-state index in [0.29, 0.717) is 12.3 Å². The Labute approximate surface area is 112 Å². The fraction of sp³-hybridized carbons (Fsp3) is 0.167. The minimum Gasteiger partial charge on any atom is -0.404 e. The highest BCUT2D eigenvalue weighted by Gasteiger charge is 2.11. The van der Waals surface area contributed by atoms with Crippen LogP contribution in [0.2, 0.25) is 0 Å². The fourth-order valence-corrected chi connectivity index (χ4v) is 1.91. The lowest BCUT2D eigenvalue weighted by molar-refractivity contribution is -0.402. The van der Waals surface area contributed by atoms with E-state index in [4.69, 9.17) is 4.42 Å². The molecule has 0 saturated carbocycles. The van der Waals surface area contributed by atoms with E-state index >= 15 is 0 Å². The van der Waals surface area contributed by atoms with Gasteiger partial charge < -0.3 is 9.73 Å². The number of benzene rings is 1. The van der Waals surface area contributed by atoms with E-state index in [2.05, 4.69) is 21.2 Å². The summed E-state index contributed by atoms with van der Waals surface area (Å²) in [7, 11) is 0. The van der Waals surface area contributed by atoms with Crippen molar-refractivity contribution in [2.24, 2.45) is 0 Å². The lowest BCUT2D eigenvalue weighted by atomic mass is 10.2. The van der Waals surface area contributed by atoms with E-state index in [1.54, 1.807) is 6.07 Å². The largest absolute Gasteiger partial charge is 0.433 e. The van der Waals surface area contributed by atoms with Crippen LogP contribution in [-0.2, 0) is 6.54 Å². The van der Waals surface area contributed by atoms with Gasteiger partial charge in [-0.1, -0.05) is 22.0 Å². The molecule has 0 spiro atoms. The second-order valence-electron chi connectivity index (χ2n) is 3.76. The van der Waals surface area contributed by atoms with Gasteiger partial charge in [-0.3, -0.25) is 10.1 Å². The molecule has 0 aliphatic heterocycles. The Balaban J connectivity index is 2.07. The zero-order valence-electron chi connectivity index (χ0n) is 9.64. The highest BCUT2D eigenvalue weighted by atomic mass is 79.9. The molecule has 1 N–H and O–H groups in total. The standard InChI is InChI=1S/C12H11BrN2O3/c1-8-10(13)3-2-4-11(8)14-7-9-5-6-12(18-9)15(16)17/h2-6,14H,7H2,1H3. The molecule has 94 valence electrons. The van der Waals surface area contributed by atoms with Crippen molar-refractivity contribution in [2.45, 2.75) is 13.5 Å². The summed E-state index contributed by atoms with van der Waals surface area (Å²) in [4.78, 5) is 9.92. The minimum absolute atomic E-state index is 0.238. The van der Waals surface area contributed by atoms with E-state index in [0.717, 1.165) is 15.7 Å². The topological polar surface area (TPSA) is 68.3 Å². The molecule has 0 amide bonds. The van der Waals surface area contributed by atoms with Gasteiger partial charge in [-0.15, -0.1) is 0 Å².